The number of benzene rings is 2. The monoisotopic (exact) mass is 301 g/mol. The van der Waals surface area contributed by atoms with Gasteiger partial charge in [-0.3, -0.25) is 0 Å². The molecule has 2 aromatic rings. The van der Waals surface area contributed by atoms with E-state index in [1.807, 2.05) is 0 Å². The third kappa shape index (κ3) is 3.71. The summed E-state index contributed by atoms with van der Waals surface area (Å²) in [6.07, 6.45) is -4.61. The van der Waals surface area contributed by atoms with E-state index in [2.05, 4.69) is 5.32 Å². The van der Waals surface area contributed by atoms with Crippen LogP contribution in [0.3, 0.4) is 0 Å². The van der Waals surface area contributed by atoms with Gasteiger partial charge in [0.15, 0.2) is 0 Å². The smallest absolute Gasteiger partial charge is 0.381 e. The van der Waals surface area contributed by atoms with Crippen molar-refractivity contribution >= 4 is 5.69 Å². The Morgan fingerprint density at radius 3 is 2.43 bits per heavy atom. The zero-order valence-electron chi connectivity index (χ0n) is 11.1. The van der Waals surface area contributed by atoms with Crippen molar-refractivity contribution in [3.8, 4) is 0 Å². The van der Waals surface area contributed by atoms with Crippen LogP contribution in [0.4, 0.5) is 27.6 Å². The Morgan fingerprint density at radius 1 is 1.05 bits per heavy atom. The van der Waals surface area contributed by atoms with Gasteiger partial charge in [0.25, 0.3) is 0 Å². The average Bonchev–Trinajstić information content (AvgIpc) is 2.39. The summed E-state index contributed by atoms with van der Waals surface area (Å²) in [6.45, 7) is 1.51. The van der Waals surface area contributed by atoms with Crippen molar-refractivity contribution in [3.63, 3.8) is 0 Å². The molecule has 6 heteroatoms. The lowest BCUT2D eigenvalue weighted by molar-refractivity contribution is -0.137. The maximum atomic E-state index is 13.3. The molecule has 0 saturated carbocycles. The molecule has 0 saturated heterocycles. The largest absolute Gasteiger partial charge is 0.416 e. The van der Waals surface area contributed by atoms with Gasteiger partial charge in [0.1, 0.15) is 11.6 Å². The second-order valence-electron chi connectivity index (χ2n) is 4.61. The fourth-order valence-electron chi connectivity index (χ4n) is 1.91. The second-order valence-corrected chi connectivity index (χ2v) is 4.61. The van der Waals surface area contributed by atoms with Crippen LogP contribution >= 0.6 is 0 Å². The molecule has 0 aliphatic carbocycles. The highest BCUT2D eigenvalue weighted by atomic mass is 19.4. The van der Waals surface area contributed by atoms with Crippen LogP contribution in [0.1, 0.15) is 16.7 Å². The molecule has 0 heterocycles. The number of anilines is 1. The summed E-state index contributed by atoms with van der Waals surface area (Å²) in [5.74, 6) is -1.38. The molecular formula is C15H12F5N. The van der Waals surface area contributed by atoms with Crippen molar-refractivity contribution in [2.45, 2.75) is 19.6 Å². The average molecular weight is 301 g/mol. The van der Waals surface area contributed by atoms with Gasteiger partial charge >= 0.3 is 6.18 Å². The Morgan fingerprint density at radius 2 is 1.76 bits per heavy atom. The maximum absolute atomic E-state index is 13.3. The van der Waals surface area contributed by atoms with Crippen molar-refractivity contribution in [1.29, 1.82) is 0 Å². The number of hydrogen-bond acceptors (Lipinski definition) is 1. The van der Waals surface area contributed by atoms with Gasteiger partial charge in [0.05, 0.1) is 5.56 Å². The van der Waals surface area contributed by atoms with E-state index in [1.54, 1.807) is 13.0 Å². The van der Waals surface area contributed by atoms with E-state index in [0.717, 1.165) is 12.1 Å². The standard InChI is InChI=1S/C15H12F5N/c1-9-13(17)3-2-4-14(9)21-8-10-5-11(15(18,19)20)7-12(16)6-10/h2-7,21H,8H2,1H3. The van der Waals surface area contributed by atoms with Crippen LogP contribution in [0.2, 0.25) is 0 Å². The van der Waals surface area contributed by atoms with Gasteiger partial charge in [0, 0.05) is 17.8 Å². The van der Waals surface area contributed by atoms with Crippen LogP contribution in [0.15, 0.2) is 36.4 Å². The molecule has 2 aromatic carbocycles. The fourth-order valence-corrected chi connectivity index (χ4v) is 1.91. The van der Waals surface area contributed by atoms with Crippen molar-refractivity contribution in [1.82, 2.24) is 0 Å². The van der Waals surface area contributed by atoms with E-state index >= 15 is 0 Å². The molecule has 1 N–H and O–H groups in total. The minimum atomic E-state index is -4.61. The second kappa shape index (κ2) is 5.71. The van der Waals surface area contributed by atoms with Crippen LogP contribution in [-0.4, -0.2) is 0 Å². The molecule has 0 fully saturated rings. The zero-order valence-corrected chi connectivity index (χ0v) is 11.1. The summed E-state index contributed by atoms with van der Waals surface area (Å²) in [4.78, 5) is 0. The molecule has 0 aliphatic heterocycles. The predicted octanol–water partition coefficient (Wildman–Crippen LogP) is 4.90. The van der Waals surface area contributed by atoms with Crippen LogP contribution in [0.5, 0.6) is 0 Å². The minimum absolute atomic E-state index is 0.0366. The van der Waals surface area contributed by atoms with Crippen molar-refractivity contribution in [2.75, 3.05) is 5.32 Å². The lowest BCUT2D eigenvalue weighted by atomic mass is 10.1. The third-order valence-electron chi connectivity index (χ3n) is 3.04. The SMILES string of the molecule is Cc1c(F)cccc1NCc1cc(F)cc(C(F)(F)F)c1. The van der Waals surface area contributed by atoms with E-state index in [1.165, 1.54) is 12.1 Å². The first-order chi connectivity index (χ1) is 9.77. The number of nitrogens with one attached hydrogen (secondary N) is 1. The van der Waals surface area contributed by atoms with Crippen molar-refractivity contribution in [2.24, 2.45) is 0 Å². The Balaban J connectivity index is 2.21. The van der Waals surface area contributed by atoms with Crippen LogP contribution in [0, 0.1) is 18.6 Å². The fraction of sp³-hybridized carbons (Fsp3) is 0.200. The molecule has 0 spiro atoms. The summed E-state index contributed by atoms with van der Waals surface area (Å²) in [5.41, 5.74) is -0.112. The van der Waals surface area contributed by atoms with E-state index in [0.29, 0.717) is 17.3 Å². The molecule has 0 unspecified atom stereocenters. The molecule has 0 aliphatic rings. The summed E-state index contributed by atoms with van der Waals surface area (Å²) in [7, 11) is 0. The van der Waals surface area contributed by atoms with Crippen molar-refractivity contribution < 1.29 is 22.0 Å². The summed E-state index contributed by atoms with van der Waals surface area (Å²) < 4.78 is 64.4. The van der Waals surface area contributed by atoms with E-state index < -0.39 is 23.4 Å². The summed E-state index contributed by atoms with van der Waals surface area (Å²) in [6, 6.07) is 6.68. The molecule has 0 radical (unpaired) electrons. The van der Waals surface area contributed by atoms with Gasteiger partial charge in [-0.2, -0.15) is 13.2 Å². The van der Waals surface area contributed by atoms with Crippen LogP contribution in [-0.2, 0) is 12.7 Å². The van der Waals surface area contributed by atoms with Gasteiger partial charge < -0.3 is 5.32 Å². The minimum Gasteiger partial charge on any atom is -0.381 e. The molecule has 112 valence electrons. The van der Waals surface area contributed by atoms with Crippen molar-refractivity contribution in [3.05, 3.63) is 64.7 Å². The highest BCUT2D eigenvalue weighted by Crippen LogP contribution is 2.30. The first kappa shape index (κ1) is 15.3. The molecule has 21 heavy (non-hydrogen) atoms. The predicted molar refractivity (Wildman–Crippen MR) is 69.9 cm³/mol. The lowest BCUT2D eigenvalue weighted by Crippen LogP contribution is -2.08. The maximum Gasteiger partial charge on any atom is 0.416 e. The number of halogens is 5. The Kier molecular flexibility index (Phi) is 4.16. The Labute approximate surface area is 118 Å². The topological polar surface area (TPSA) is 12.0 Å². The number of hydrogen-bond donors (Lipinski definition) is 1. The summed E-state index contributed by atoms with van der Waals surface area (Å²) in [5, 5.41) is 2.80. The van der Waals surface area contributed by atoms with E-state index in [-0.39, 0.29) is 12.1 Å². The van der Waals surface area contributed by atoms with E-state index in [9.17, 15) is 22.0 Å². The number of rotatable bonds is 3. The molecule has 1 nitrogen and oxygen atoms in total. The first-order valence-electron chi connectivity index (χ1n) is 6.13. The Bertz CT molecular complexity index is 649. The highest BCUT2D eigenvalue weighted by molar-refractivity contribution is 5.51. The molecule has 0 atom stereocenters. The molecule has 2 rings (SSSR count). The molecular weight excluding hydrogens is 289 g/mol. The highest BCUT2D eigenvalue weighted by Gasteiger charge is 2.31. The first-order valence-corrected chi connectivity index (χ1v) is 6.13. The third-order valence-corrected chi connectivity index (χ3v) is 3.04. The molecule has 0 amide bonds. The summed E-state index contributed by atoms with van der Waals surface area (Å²) >= 11 is 0. The van der Waals surface area contributed by atoms with Gasteiger partial charge in [-0.25, -0.2) is 8.78 Å². The quantitative estimate of drug-likeness (QED) is 0.795. The number of alkyl halides is 3. The van der Waals surface area contributed by atoms with Crippen LogP contribution in [0.25, 0.3) is 0 Å². The lowest BCUT2D eigenvalue weighted by Gasteiger charge is -2.12. The van der Waals surface area contributed by atoms with Crippen LogP contribution < -0.4 is 5.32 Å². The zero-order chi connectivity index (χ0) is 15.6. The molecule has 0 aromatic heterocycles. The van der Waals surface area contributed by atoms with Gasteiger partial charge in [-0.15, -0.1) is 0 Å². The van der Waals surface area contributed by atoms with Gasteiger partial charge in [-0.1, -0.05) is 6.07 Å². The van der Waals surface area contributed by atoms with E-state index in [4.69, 9.17) is 0 Å². The van der Waals surface area contributed by atoms with Gasteiger partial charge in [-0.05, 0) is 42.8 Å². The Hall–Kier alpha value is -2.11. The van der Waals surface area contributed by atoms with Gasteiger partial charge in [0.2, 0.25) is 0 Å². The normalized spacial score (nSPS) is 11.5. The molecule has 0 bridgehead atoms.